The standard InChI is InChI=1S/C7H16ClNO4S2/c1-7(3-4-8)5-9-15(12,13)6-14(2,10)11/h7,9H,3-6H2,1-2H3. The van der Waals surface area contributed by atoms with Crippen LogP contribution >= 0.6 is 11.6 Å². The topological polar surface area (TPSA) is 80.3 Å². The van der Waals surface area contributed by atoms with Crippen LogP contribution in [0.3, 0.4) is 0 Å². The monoisotopic (exact) mass is 277 g/mol. The summed E-state index contributed by atoms with van der Waals surface area (Å²) in [5.41, 5.74) is 0. The third kappa shape index (κ3) is 9.10. The van der Waals surface area contributed by atoms with Crippen molar-refractivity contribution in [3.63, 3.8) is 0 Å². The normalized spacial score (nSPS) is 15.1. The molecule has 0 aliphatic heterocycles. The average Bonchev–Trinajstić information content (AvgIpc) is 1.97. The lowest BCUT2D eigenvalue weighted by Gasteiger charge is -2.10. The Kier molecular flexibility index (Phi) is 6.09. The maximum absolute atomic E-state index is 11.2. The van der Waals surface area contributed by atoms with Crippen molar-refractivity contribution < 1.29 is 16.8 Å². The largest absolute Gasteiger partial charge is 0.228 e. The second kappa shape index (κ2) is 6.03. The highest BCUT2D eigenvalue weighted by molar-refractivity contribution is 8.06. The molecule has 0 heterocycles. The molecule has 8 heteroatoms. The molecule has 5 nitrogen and oxygen atoms in total. The third-order valence-corrected chi connectivity index (χ3v) is 5.40. The van der Waals surface area contributed by atoms with E-state index in [0.717, 1.165) is 6.26 Å². The van der Waals surface area contributed by atoms with Gasteiger partial charge in [0.1, 0.15) is 0 Å². The molecule has 0 rings (SSSR count). The quantitative estimate of drug-likeness (QED) is 0.673. The van der Waals surface area contributed by atoms with Crippen LogP contribution in [0.5, 0.6) is 0 Å². The van der Waals surface area contributed by atoms with E-state index >= 15 is 0 Å². The van der Waals surface area contributed by atoms with Gasteiger partial charge < -0.3 is 0 Å². The Hall–Kier alpha value is 0.150. The van der Waals surface area contributed by atoms with Gasteiger partial charge in [-0.25, -0.2) is 21.6 Å². The molecule has 0 aromatic heterocycles. The van der Waals surface area contributed by atoms with Gasteiger partial charge in [0.25, 0.3) is 0 Å². The number of halogens is 1. The maximum Gasteiger partial charge on any atom is 0.226 e. The Morgan fingerprint density at radius 2 is 1.80 bits per heavy atom. The lowest BCUT2D eigenvalue weighted by atomic mass is 10.1. The SMILES string of the molecule is CC(CCCl)CNS(=O)(=O)CS(C)(=O)=O. The smallest absolute Gasteiger partial charge is 0.226 e. The molecule has 1 N–H and O–H groups in total. The minimum atomic E-state index is -3.73. The fourth-order valence-corrected chi connectivity index (χ4v) is 4.38. The van der Waals surface area contributed by atoms with Gasteiger partial charge >= 0.3 is 0 Å². The maximum atomic E-state index is 11.2. The highest BCUT2D eigenvalue weighted by Gasteiger charge is 2.18. The second-order valence-electron chi connectivity index (χ2n) is 3.59. The van der Waals surface area contributed by atoms with Gasteiger partial charge in [0.15, 0.2) is 14.9 Å². The molecule has 0 aliphatic carbocycles. The van der Waals surface area contributed by atoms with Gasteiger partial charge in [-0.3, -0.25) is 0 Å². The zero-order valence-electron chi connectivity index (χ0n) is 8.73. The first-order valence-electron chi connectivity index (χ1n) is 4.37. The lowest BCUT2D eigenvalue weighted by molar-refractivity contribution is 0.531. The molecule has 0 bridgehead atoms. The Balaban J connectivity index is 4.18. The number of sulfonamides is 1. The summed E-state index contributed by atoms with van der Waals surface area (Å²) < 4.78 is 46.3. The third-order valence-electron chi connectivity index (χ3n) is 1.62. The Morgan fingerprint density at radius 1 is 1.27 bits per heavy atom. The van der Waals surface area contributed by atoms with Gasteiger partial charge in [-0.15, -0.1) is 11.6 Å². The fourth-order valence-electron chi connectivity index (χ4n) is 0.881. The van der Waals surface area contributed by atoms with E-state index in [-0.39, 0.29) is 12.5 Å². The first kappa shape index (κ1) is 15.2. The van der Waals surface area contributed by atoms with Crippen LogP contribution < -0.4 is 4.72 Å². The van der Waals surface area contributed by atoms with Crippen LogP contribution in [0.1, 0.15) is 13.3 Å². The predicted octanol–water partition coefficient (Wildman–Crippen LogP) is 0.173. The van der Waals surface area contributed by atoms with Gasteiger partial charge in [0.2, 0.25) is 10.0 Å². The zero-order chi connectivity index (χ0) is 12.1. The van der Waals surface area contributed by atoms with Gasteiger partial charge in [0.05, 0.1) is 0 Å². The van der Waals surface area contributed by atoms with E-state index in [2.05, 4.69) is 4.72 Å². The molecule has 15 heavy (non-hydrogen) atoms. The van der Waals surface area contributed by atoms with Crippen LogP contribution in [-0.2, 0) is 19.9 Å². The molecule has 0 aromatic rings. The van der Waals surface area contributed by atoms with E-state index in [1.807, 2.05) is 6.92 Å². The van der Waals surface area contributed by atoms with Crippen LogP contribution in [-0.4, -0.2) is 40.6 Å². The van der Waals surface area contributed by atoms with Crippen molar-refractivity contribution in [2.24, 2.45) is 5.92 Å². The first-order valence-corrected chi connectivity index (χ1v) is 8.62. The number of hydrogen-bond donors (Lipinski definition) is 1. The lowest BCUT2D eigenvalue weighted by Crippen LogP contribution is -2.33. The van der Waals surface area contributed by atoms with Gasteiger partial charge in [-0.1, -0.05) is 6.92 Å². The van der Waals surface area contributed by atoms with Crippen molar-refractivity contribution in [2.75, 3.05) is 23.8 Å². The number of rotatable bonds is 7. The molecule has 92 valence electrons. The summed E-state index contributed by atoms with van der Waals surface area (Å²) in [6.07, 6.45) is 1.57. The summed E-state index contributed by atoms with van der Waals surface area (Å²) in [4.78, 5) is 0. The highest BCUT2D eigenvalue weighted by Crippen LogP contribution is 2.02. The summed E-state index contributed by atoms with van der Waals surface area (Å²) in [7, 11) is -7.25. The van der Waals surface area contributed by atoms with Crippen molar-refractivity contribution in [1.29, 1.82) is 0 Å². The summed E-state index contributed by atoms with van der Waals surface area (Å²) >= 11 is 5.48. The average molecular weight is 278 g/mol. The van der Waals surface area contributed by atoms with Gasteiger partial charge in [-0.05, 0) is 12.3 Å². The first-order chi connectivity index (χ1) is 6.66. The van der Waals surface area contributed by atoms with Crippen LogP contribution in [0.2, 0.25) is 0 Å². The Morgan fingerprint density at radius 3 is 2.20 bits per heavy atom. The molecule has 1 atom stereocenters. The number of hydrogen-bond acceptors (Lipinski definition) is 4. The van der Waals surface area contributed by atoms with E-state index in [9.17, 15) is 16.8 Å². The molecule has 0 aliphatic rings. The van der Waals surface area contributed by atoms with E-state index in [1.54, 1.807) is 0 Å². The van der Waals surface area contributed by atoms with Crippen molar-refractivity contribution in [1.82, 2.24) is 4.72 Å². The fraction of sp³-hybridized carbons (Fsp3) is 1.00. The van der Waals surface area contributed by atoms with Crippen LogP contribution in [0.25, 0.3) is 0 Å². The summed E-state index contributed by atoms with van der Waals surface area (Å²) in [6.45, 7) is 2.05. The molecular weight excluding hydrogens is 262 g/mol. The predicted molar refractivity (Wildman–Crippen MR) is 61.1 cm³/mol. The van der Waals surface area contributed by atoms with E-state index in [4.69, 9.17) is 11.6 Å². The molecule has 1 unspecified atom stereocenters. The molecule has 0 radical (unpaired) electrons. The zero-order valence-corrected chi connectivity index (χ0v) is 11.1. The molecule has 0 amide bonds. The minimum Gasteiger partial charge on any atom is -0.228 e. The van der Waals surface area contributed by atoms with Crippen molar-refractivity contribution in [3.8, 4) is 0 Å². The number of sulfone groups is 1. The number of alkyl halides is 1. The van der Waals surface area contributed by atoms with E-state index in [0.29, 0.717) is 12.3 Å². The van der Waals surface area contributed by atoms with Crippen molar-refractivity contribution in [3.05, 3.63) is 0 Å². The van der Waals surface area contributed by atoms with Crippen molar-refractivity contribution in [2.45, 2.75) is 13.3 Å². The summed E-state index contributed by atoms with van der Waals surface area (Å²) in [5.74, 6) is 0.548. The summed E-state index contributed by atoms with van der Waals surface area (Å²) in [6, 6.07) is 0. The second-order valence-corrected chi connectivity index (χ2v) is 8.28. The molecule has 0 spiro atoms. The van der Waals surface area contributed by atoms with Crippen LogP contribution in [0.4, 0.5) is 0 Å². The van der Waals surface area contributed by atoms with Gasteiger partial charge in [-0.2, -0.15) is 0 Å². The Labute approximate surface area is 96.2 Å². The minimum absolute atomic E-state index is 0.0943. The number of nitrogens with one attached hydrogen (secondary N) is 1. The van der Waals surface area contributed by atoms with Crippen LogP contribution in [0, 0.1) is 5.92 Å². The molecule has 0 fully saturated rings. The van der Waals surface area contributed by atoms with Crippen LogP contribution in [0.15, 0.2) is 0 Å². The molecular formula is C7H16ClNO4S2. The van der Waals surface area contributed by atoms with Crippen molar-refractivity contribution >= 4 is 31.5 Å². The Bertz CT molecular complexity index is 376. The van der Waals surface area contributed by atoms with Gasteiger partial charge in [0, 0.05) is 18.7 Å². The summed E-state index contributed by atoms with van der Waals surface area (Å²) in [5, 5.41) is -0.867. The van der Waals surface area contributed by atoms with E-state index in [1.165, 1.54) is 0 Å². The van der Waals surface area contributed by atoms with E-state index < -0.39 is 24.9 Å². The molecule has 0 saturated heterocycles. The molecule has 0 aromatic carbocycles. The molecule has 0 saturated carbocycles. The highest BCUT2D eigenvalue weighted by atomic mass is 35.5.